The number of fused-ring (bicyclic) bond motifs is 3. The van der Waals surface area contributed by atoms with Crippen molar-refractivity contribution in [2.75, 3.05) is 24.7 Å². The van der Waals surface area contributed by atoms with Gasteiger partial charge >= 0.3 is 11.9 Å². The molecule has 2 atom stereocenters. The molecular formula is C47H44O7S2. The van der Waals surface area contributed by atoms with Crippen LogP contribution in [0.4, 0.5) is 0 Å². The Morgan fingerprint density at radius 2 is 1.23 bits per heavy atom. The van der Waals surface area contributed by atoms with E-state index in [1.54, 1.807) is 56.4 Å². The molecule has 4 aromatic rings. The molecule has 0 fully saturated rings. The maximum Gasteiger partial charge on any atom is 0.340 e. The predicted molar refractivity (Wildman–Crippen MR) is 224 cm³/mol. The van der Waals surface area contributed by atoms with Crippen LogP contribution in [0.15, 0.2) is 118 Å². The van der Waals surface area contributed by atoms with Crippen LogP contribution in [0.3, 0.4) is 0 Å². The fourth-order valence-corrected chi connectivity index (χ4v) is 7.69. The van der Waals surface area contributed by atoms with Gasteiger partial charge < -0.3 is 19.7 Å². The van der Waals surface area contributed by atoms with Crippen LogP contribution >= 0.6 is 23.5 Å². The van der Waals surface area contributed by atoms with Crippen LogP contribution in [0, 0.1) is 23.7 Å². The van der Waals surface area contributed by atoms with Crippen molar-refractivity contribution in [1.82, 2.24) is 0 Å². The van der Waals surface area contributed by atoms with Gasteiger partial charge in [-0.25, -0.2) is 9.59 Å². The summed E-state index contributed by atoms with van der Waals surface area (Å²) in [6.45, 7) is 9.70. The summed E-state index contributed by atoms with van der Waals surface area (Å²) in [6.07, 6.45) is 3.59. The fourth-order valence-electron chi connectivity index (χ4n) is 5.98. The number of ether oxygens (including phenoxy) is 2. The molecule has 0 radical (unpaired) electrons. The van der Waals surface area contributed by atoms with Crippen molar-refractivity contribution in [3.63, 3.8) is 0 Å². The number of hydrogen-bond donors (Lipinski definition) is 2. The van der Waals surface area contributed by atoms with Gasteiger partial charge in [0, 0.05) is 63.2 Å². The molecule has 56 heavy (non-hydrogen) atoms. The highest BCUT2D eigenvalue weighted by Gasteiger charge is 2.36. The van der Waals surface area contributed by atoms with Crippen LogP contribution in [0.5, 0.6) is 0 Å². The second kappa shape index (κ2) is 19.5. The number of thioether (sulfide) groups is 2. The number of carbonyl (C=O) groups is 3. The minimum Gasteiger partial charge on any atom is -0.479 e. The standard InChI is InChI=1S/C47H44O7S2/c1-6-53-43(45(49)50)30-35-12-18-37(19-13-35)55-26-24-31(3)8-10-33-14-22-39-40-23-15-34(29-42(40)44(48)41(39)28-33)11-9-32(4)25-27-56-38-20-16-36(17-21-38)47(5,46(51)52)54-7-2/h12-25,28-29,43H,6-7,26-27,30H2,1-5H3,(H,49,50)(H,51,52). The summed E-state index contributed by atoms with van der Waals surface area (Å²) in [5, 5.41) is 19.0. The van der Waals surface area contributed by atoms with Crippen LogP contribution in [0.2, 0.25) is 0 Å². The Bertz CT molecular complexity index is 2280. The number of aliphatic carboxylic acids is 2. The lowest BCUT2D eigenvalue weighted by Gasteiger charge is -2.25. The van der Waals surface area contributed by atoms with Crippen molar-refractivity contribution in [2.45, 2.75) is 62.5 Å². The number of hydrogen-bond acceptors (Lipinski definition) is 7. The first kappa shape index (κ1) is 41.9. The van der Waals surface area contributed by atoms with Crippen molar-refractivity contribution >= 4 is 41.2 Å². The van der Waals surface area contributed by atoms with Gasteiger partial charge in [-0.05, 0) is 117 Å². The Balaban J connectivity index is 1.15. The molecule has 7 nitrogen and oxygen atoms in total. The Labute approximate surface area is 337 Å². The summed E-state index contributed by atoms with van der Waals surface area (Å²) in [5.41, 5.74) is 6.56. The predicted octanol–water partition coefficient (Wildman–Crippen LogP) is 9.45. The lowest BCUT2D eigenvalue weighted by Crippen LogP contribution is -2.35. The van der Waals surface area contributed by atoms with Crippen LogP contribution in [-0.2, 0) is 31.1 Å². The van der Waals surface area contributed by atoms with E-state index in [2.05, 4.69) is 29.8 Å². The van der Waals surface area contributed by atoms with Gasteiger partial charge in [-0.2, -0.15) is 0 Å². The molecule has 1 aliphatic carbocycles. The summed E-state index contributed by atoms with van der Waals surface area (Å²) >= 11 is 3.29. The molecule has 0 saturated carbocycles. The van der Waals surface area contributed by atoms with E-state index < -0.39 is 23.6 Å². The summed E-state index contributed by atoms with van der Waals surface area (Å²) in [7, 11) is 0. The highest BCUT2D eigenvalue weighted by molar-refractivity contribution is 7.99. The van der Waals surface area contributed by atoms with Crippen molar-refractivity contribution < 1.29 is 34.1 Å². The van der Waals surface area contributed by atoms with E-state index in [0.717, 1.165) is 54.5 Å². The van der Waals surface area contributed by atoms with Gasteiger partial charge in [-0.1, -0.05) is 72.2 Å². The maximum atomic E-state index is 13.5. The first-order valence-corrected chi connectivity index (χ1v) is 20.3. The Morgan fingerprint density at radius 3 is 1.68 bits per heavy atom. The third-order valence-corrected chi connectivity index (χ3v) is 11.0. The van der Waals surface area contributed by atoms with Gasteiger partial charge in [0.2, 0.25) is 0 Å². The molecule has 0 bridgehead atoms. The lowest BCUT2D eigenvalue weighted by molar-refractivity contribution is -0.164. The van der Waals surface area contributed by atoms with Crippen LogP contribution in [-0.4, -0.2) is 58.8 Å². The average molecular weight is 785 g/mol. The van der Waals surface area contributed by atoms with E-state index in [1.165, 1.54) is 0 Å². The Morgan fingerprint density at radius 1 is 0.732 bits per heavy atom. The lowest BCUT2D eigenvalue weighted by atomic mass is 9.96. The smallest absolute Gasteiger partial charge is 0.340 e. The zero-order chi connectivity index (χ0) is 40.2. The van der Waals surface area contributed by atoms with Crippen molar-refractivity contribution in [3.05, 3.63) is 142 Å². The minimum atomic E-state index is -1.38. The summed E-state index contributed by atoms with van der Waals surface area (Å²) in [4.78, 5) is 38.8. The van der Waals surface area contributed by atoms with Crippen molar-refractivity contribution in [1.29, 1.82) is 0 Å². The maximum absolute atomic E-state index is 13.5. The van der Waals surface area contributed by atoms with Gasteiger partial charge in [0.15, 0.2) is 17.5 Å². The minimum absolute atomic E-state index is 0.0343. The van der Waals surface area contributed by atoms with Crippen LogP contribution in [0.1, 0.15) is 72.8 Å². The second-order valence-electron chi connectivity index (χ2n) is 13.2. The normalized spacial score (nSPS) is 13.7. The van der Waals surface area contributed by atoms with Crippen LogP contribution < -0.4 is 0 Å². The van der Waals surface area contributed by atoms with Gasteiger partial charge in [0.05, 0.1) is 0 Å². The zero-order valence-corrected chi connectivity index (χ0v) is 33.7. The Hall–Kier alpha value is -5.29. The molecule has 2 unspecified atom stereocenters. The molecule has 1 aliphatic rings. The average Bonchev–Trinajstić information content (AvgIpc) is 3.46. The first-order chi connectivity index (χ1) is 26.9. The fraction of sp³-hybridized carbons (Fsp3) is 0.255. The molecule has 0 saturated heterocycles. The van der Waals surface area contributed by atoms with Gasteiger partial charge in [-0.3, -0.25) is 4.79 Å². The van der Waals surface area contributed by atoms with E-state index in [9.17, 15) is 24.6 Å². The second-order valence-corrected chi connectivity index (χ2v) is 15.4. The number of rotatable bonds is 15. The number of carbonyl (C=O) groups excluding carboxylic acids is 1. The van der Waals surface area contributed by atoms with Crippen molar-refractivity contribution in [2.24, 2.45) is 0 Å². The molecule has 0 aliphatic heterocycles. The topological polar surface area (TPSA) is 110 Å². The van der Waals surface area contributed by atoms with Crippen molar-refractivity contribution in [3.8, 4) is 34.8 Å². The molecule has 0 heterocycles. The number of allylic oxidation sites excluding steroid dienone is 2. The molecule has 0 spiro atoms. The van der Waals surface area contributed by atoms with Gasteiger partial charge in [0.1, 0.15) is 0 Å². The zero-order valence-electron chi connectivity index (χ0n) is 32.1. The molecular weight excluding hydrogens is 741 g/mol. The van der Waals surface area contributed by atoms with E-state index in [1.807, 2.05) is 92.7 Å². The number of benzene rings is 4. The van der Waals surface area contributed by atoms with Crippen LogP contribution in [0.25, 0.3) is 11.1 Å². The number of carboxylic acid groups (broad SMARTS) is 2. The summed E-state index contributed by atoms with van der Waals surface area (Å²) < 4.78 is 10.8. The third kappa shape index (κ3) is 10.7. The quantitative estimate of drug-likeness (QED) is 0.0793. The molecule has 2 N–H and O–H groups in total. The highest BCUT2D eigenvalue weighted by atomic mass is 32.2. The van der Waals surface area contributed by atoms with Gasteiger partial charge in [-0.15, -0.1) is 23.5 Å². The molecule has 0 amide bonds. The third-order valence-electron chi connectivity index (χ3n) is 9.14. The highest BCUT2D eigenvalue weighted by Crippen LogP contribution is 2.37. The first-order valence-electron chi connectivity index (χ1n) is 18.3. The molecule has 286 valence electrons. The summed E-state index contributed by atoms with van der Waals surface area (Å²) in [5.74, 6) is 12.2. The molecule has 5 rings (SSSR count). The number of ketones is 1. The van der Waals surface area contributed by atoms with E-state index in [4.69, 9.17) is 9.47 Å². The van der Waals surface area contributed by atoms with Gasteiger partial charge in [0.25, 0.3) is 0 Å². The van der Waals surface area contributed by atoms with E-state index in [-0.39, 0.29) is 5.78 Å². The Kier molecular flexibility index (Phi) is 14.6. The summed E-state index contributed by atoms with van der Waals surface area (Å²) in [6, 6.07) is 26.8. The largest absolute Gasteiger partial charge is 0.479 e. The van der Waals surface area contributed by atoms with E-state index in [0.29, 0.717) is 42.1 Å². The molecule has 9 heteroatoms. The number of carboxylic acids is 2. The molecule has 4 aromatic carbocycles. The monoisotopic (exact) mass is 784 g/mol. The van der Waals surface area contributed by atoms with E-state index >= 15 is 0 Å². The molecule has 0 aromatic heterocycles. The SMILES string of the molecule is CCOC(Cc1ccc(SCC=C(C)C#Cc2ccc3c(c2)C(=O)c2cc(C#CC(C)=CCSc4ccc(C(C)(OCC)C(=O)O)cc4)ccc2-3)cc1)C(=O)O.